The number of nitrogens with one attached hydrogen (secondary N) is 1. The van der Waals surface area contributed by atoms with Crippen LogP contribution in [-0.4, -0.2) is 9.55 Å². The molecular formula is C14H13FN2S2. The van der Waals surface area contributed by atoms with Crippen LogP contribution < -0.4 is 0 Å². The van der Waals surface area contributed by atoms with E-state index in [2.05, 4.69) is 23.4 Å². The van der Waals surface area contributed by atoms with E-state index in [4.69, 9.17) is 12.2 Å². The van der Waals surface area contributed by atoms with E-state index in [0.29, 0.717) is 10.3 Å². The molecule has 0 radical (unpaired) electrons. The molecule has 0 bridgehead atoms. The van der Waals surface area contributed by atoms with Gasteiger partial charge in [-0.05, 0) is 42.2 Å². The number of benzene rings is 1. The average molecular weight is 292 g/mol. The summed E-state index contributed by atoms with van der Waals surface area (Å²) in [6, 6.07) is 9.35. The number of H-pyrrole nitrogens is 1. The van der Waals surface area contributed by atoms with Crippen molar-refractivity contribution in [2.24, 2.45) is 0 Å². The summed E-state index contributed by atoms with van der Waals surface area (Å²) in [5, 5.41) is 2.05. The summed E-state index contributed by atoms with van der Waals surface area (Å²) >= 11 is 7.07. The van der Waals surface area contributed by atoms with Crippen LogP contribution in [-0.2, 0) is 0 Å². The molecule has 1 N–H and O–H groups in total. The van der Waals surface area contributed by atoms with Crippen LogP contribution in [0.1, 0.15) is 24.3 Å². The molecule has 3 rings (SSSR count). The second kappa shape index (κ2) is 4.90. The zero-order valence-electron chi connectivity index (χ0n) is 10.4. The molecule has 0 aliphatic rings. The summed E-state index contributed by atoms with van der Waals surface area (Å²) in [6.07, 6.45) is 0.915. The molecule has 0 aliphatic carbocycles. The number of rotatable bonds is 3. The predicted molar refractivity (Wildman–Crippen MR) is 79.8 cm³/mol. The van der Waals surface area contributed by atoms with Crippen LogP contribution in [0, 0.1) is 10.6 Å². The Morgan fingerprint density at radius 3 is 2.89 bits per heavy atom. The third-order valence-corrected chi connectivity index (χ3v) is 4.54. The van der Waals surface area contributed by atoms with Gasteiger partial charge in [0.2, 0.25) is 0 Å². The summed E-state index contributed by atoms with van der Waals surface area (Å²) in [5.41, 5.74) is 1.31. The second-order valence-electron chi connectivity index (χ2n) is 4.37. The Morgan fingerprint density at radius 2 is 2.21 bits per heavy atom. The first-order chi connectivity index (χ1) is 9.22. The molecule has 2 heterocycles. The molecule has 5 heteroatoms. The smallest absolute Gasteiger partial charge is 0.178 e. The molecule has 19 heavy (non-hydrogen) atoms. The van der Waals surface area contributed by atoms with E-state index in [1.165, 1.54) is 10.9 Å². The molecule has 1 atom stereocenters. The normalized spacial score (nSPS) is 12.9. The fourth-order valence-corrected chi connectivity index (χ4v) is 3.64. The Labute approximate surface area is 119 Å². The summed E-state index contributed by atoms with van der Waals surface area (Å²) < 4.78 is 16.4. The fourth-order valence-electron chi connectivity index (χ4n) is 2.42. The summed E-state index contributed by atoms with van der Waals surface area (Å²) in [4.78, 5) is 4.22. The number of aromatic amines is 1. The lowest BCUT2D eigenvalue weighted by molar-refractivity contribution is 0.584. The van der Waals surface area contributed by atoms with E-state index in [1.807, 2.05) is 16.7 Å². The van der Waals surface area contributed by atoms with E-state index in [-0.39, 0.29) is 11.9 Å². The van der Waals surface area contributed by atoms with Gasteiger partial charge in [-0.25, -0.2) is 4.39 Å². The van der Waals surface area contributed by atoms with Crippen molar-refractivity contribution in [1.82, 2.24) is 9.55 Å². The van der Waals surface area contributed by atoms with E-state index in [0.717, 1.165) is 11.9 Å². The molecule has 0 fully saturated rings. The zero-order valence-corrected chi connectivity index (χ0v) is 12.0. The van der Waals surface area contributed by atoms with Gasteiger partial charge in [-0.2, -0.15) is 0 Å². The van der Waals surface area contributed by atoms with Crippen LogP contribution in [0.15, 0.2) is 35.7 Å². The van der Waals surface area contributed by atoms with Crippen LogP contribution in [0.5, 0.6) is 0 Å². The molecule has 0 saturated heterocycles. The van der Waals surface area contributed by atoms with Gasteiger partial charge < -0.3 is 9.55 Å². The third kappa shape index (κ3) is 2.03. The van der Waals surface area contributed by atoms with Crippen molar-refractivity contribution in [3.8, 4) is 0 Å². The van der Waals surface area contributed by atoms with Gasteiger partial charge in [0.05, 0.1) is 11.6 Å². The van der Waals surface area contributed by atoms with Crippen LogP contribution in [0.25, 0.3) is 11.0 Å². The van der Waals surface area contributed by atoms with Gasteiger partial charge in [-0.3, -0.25) is 0 Å². The van der Waals surface area contributed by atoms with Crippen molar-refractivity contribution in [3.05, 3.63) is 51.2 Å². The minimum Gasteiger partial charge on any atom is -0.328 e. The number of aromatic nitrogens is 2. The van der Waals surface area contributed by atoms with Gasteiger partial charge >= 0.3 is 0 Å². The molecule has 98 valence electrons. The Morgan fingerprint density at radius 1 is 1.37 bits per heavy atom. The minimum absolute atomic E-state index is 0.156. The van der Waals surface area contributed by atoms with Gasteiger partial charge in [-0.1, -0.05) is 19.1 Å². The van der Waals surface area contributed by atoms with Gasteiger partial charge in [0.25, 0.3) is 0 Å². The van der Waals surface area contributed by atoms with Crippen molar-refractivity contribution in [2.75, 3.05) is 0 Å². The highest BCUT2D eigenvalue weighted by atomic mass is 32.1. The van der Waals surface area contributed by atoms with E-state index in [1.54, 1.807) is 17.4 Å². The summed E-state index contributed by atoms with van der Waals surface area (Å²) in [5.74, 6) is -0.261. The van der Waals surface area contributed by atoms with Crippen LogP contribution in [0.3, 0.4) is 0 Å². The average Bonchev–Trinajstić information content (AvgIpc) is 3.01. The van der Waals surface area contributed by atoms with E-state index >= 15 is 0 Å². The number of imidazole rings is 1. The molecule has 2 nitrogen and oxygen atoms in total. The Balaban J connectivity index is 2.27. The van der Waals surface area contributed by atoms with Crippen LogP contribution in [0.2, 0.25) is 0 Å². The molecule has 3 aromatic rings. The first kappa shape index (κ1) is 12.6. The van der Waals surface area contributed by atoms with Crippen LogP contribution in [0.4, 0.5) is 4.39 Å². The lowest BCUT2D eigenvalue weighted by Gasteiger charge is -2.16. The molecule has 0 saturated carbocycles. The molecule has 2 aromatic heterocycles. The first-order valence-corrected chi connectivity index (χ1v) is 7.43. The fraction of sp³-hybridized carbons (Fsp3) is 0.214. The Bertz CT molecular complexity index is 755. The monoisotopic (exact) mass is 292 g/mol. The van der Waals surface area contributed by atoms with Crippen LogP contribution >= 0.6 is 23.6 Å². The quantitative estimate of drug-likeness (QED) is 0.681. The van der Waals surface area contributed by atoms with Gasteiger partial charge in [0.1, 0.15) is 11.3 Å². The second-order valence-corrected chi connectivity index (χ2v) is 5.74. The number of fused-ring (bicyclic) bond motifs is 1. The SMILES string of the molecule is CCC(c1cccs1)n1c(=S)[nH]c2c(F)cccc21. The number of hydrogen-bond acceptors (Lipinski definition) is 2. The Hall–Kier alpha value is -1.46. The maximum atomic E-state index is 13.8. The van der Waals surface area contributed by atoms with Crippen molar-refractivity contribution >= 4 is 34.6 Å². The molecule has 0 aliphatic heterocycles. The highest BCUT2D eigenvalue weighted by Crippen LogP contribution is 2.30. The third-order valence-electron chi connectivity index (χ3n) is 3.27. The highest BCUT2D eigenvalue weighted by molar-refractivity contribution is 7.71. The van der Waals surface area contributed by atoms with Gasteiger partial charge in [0.15, 0.2) is 4.77 Å². The largest absolute Gasteiger partial charge is 0.328 e. The van der Waals surface area contributed by atoms with Crippen molar-refractivity contribution in [3.63, 3.8) is 0 Å². The summed E-state index contributed by atoms with van der Waals surface area (Å²) in [6.45, 7) is 2.12. The lowest BCUT2D eigenvalue weighted by Crippen LogP contribution is -2.08. The molecular weight excluding hydrogens is 279 g/mol. The number of thiophene rings is 1. The zero-order chi connectivity index (χ0) is 13.4. The highest BCUT2D eigenvalue weighted by Gasteiger charge is 2.17. The maximum Gasteiger partial charge on any atom is 0.178 e. The molecule has 1 unspecified atom stereocenters. The first-order valence-electron chi connectivity index (χ1n) is 6.14. The van der Waals surface area contributed by atoms with Crippen molar-refractivity contribution < 1.29 is 4.39 Å². The number of para-hydroxylation sites is 1. The van der Waals surface area contributed by atoms with Gasteiger partial charge in [-0.15, -0.1) is 11.3 Å². The van der Waals surface area contributed by atoms with Crippen molar-refractivity contribution in [2.45, 2.75) is 19.4 Å². The molecule has 0 amide bonds. The van der Waals surface area contributed by atoms with Gasteiger partial charge in [0, 0.05) is 4.88 Å². The summed E-state index contributed by atoms with van der Waals surface area (Å²) in [7, 11) is 0. The minimum atomic E-state index is -0.261. The molecule has 1 aromatic carbocycles. The topological polar surface area (TPSA) is 20.7 Å². The maximum absolute atomic E-state index is 13.8. The number of halogens is 1. The number of hydrogen-bond donors (Lipinski definition) is 1. The predicted octanol–water partition coefficient (Wildman–Crippen LogP) is 4.90. The van der Waals surface area contributed by atoms with E-state index in [9.17, 15) is 4.39 Å². The lowest BCUT2D eigenvalue weighted by atomic mass is 10.1. The number of nitrogens with zero attached hydrogens (tertiary/aromatic N) is 1. The van der Waals surface area contributed by atoms with Crippen molar-refractivity contribution in [1.29, 1.82) is 0 Å². The standard InChI is InChI=1S/C14H13FN2S2/c1-2-10(12-7-4-8-19-12)17-11-6-3-5-9(15)13(11)16-14(17)18/h3-8,10H,2H2,1H3,(H,16,18). The Kier molecular flexibility index (Phi) is 3.24. The van der Waals surface area contributed by atoms with E-state index < -0.39 is 0 Å². The molecule has 0 spiro atoms.